The van der Waals surface area contributed by atoms with Crippen LogP contribution in [0.4, 0.5) is 0 Å². The number of β-amino-alcohol motifs (C(OH)–C–C–N with tert-alkyl or cyclic N) is 2. The second-order valence-corrected chi connectivity index (χ2v) is 5.58. The highest BCUT2D eigenvalue weighted by Gasteiger charge is 2.19. The first-order valence-electron chi connectivity index (χ1n) is 7.90. The van der Waals surface area contributed by atoms with Crippen LogP contribution in [0.5, 0.6) is 0 Å². The second-order valence-electron chi connectivity index (χ2n) is 5.58. The number of benzene rings is 1. The Morgan fingerprint density at radius 1 is 0.909 bits per heavy atom. The van der Waals surface area contributed by atoms with E-state index in [9.17, 15) is 0 Å². The maximum Gasteiger partial charge on any atom is 0.131 e. The Hall–Kier alpha value is -1.85. The first kappa shape index (κ1) is 15.1. The van der Waals surface area contributed by atoms with E-state index in [0.717, 1.165) is 37.5 Å². The average molecular weight is 301 g/mol. The van der Waals surface area contributed by atoms with E-state index in [1.165, 1.54) is 11.3 Å². The smallest absolute Gasteiger partial charge is 0.131 e. The van der Waals surface area contributed by atoms with Gasteiger partial charge in [0.1, 0.15) is 5.84 Å². The van der Waals surface area contributed by atoms with Crippen molar-refractivity contribution in [3.63, 3.8) is 0 Å². The number of hydrogen-bond acceptors (Lipinski definition) is 5. The summed E-state index contributed by atoms with van der Waals surface area (Å²) in [6.07, 6.45) is 3.27. The fourth-order valence-corrected chi connectivity index (χ4v) is 3.14. The molecule has 0 spiro atoms. The van der Waals surface area contributed by atoms with E-state index in [1.807, 2.05) is 0 Å². The molecule has 1 aromatic carbocycles. The largest absolute Gasteiger partial charge is 0.395 e. The van der Waals surface area contributed by atoms with Gasteiger partial charge in [-0.15, -0.1) is 0 Å². The van der Waals surface area contributed by atoms with Crippen LogP contribution < -0.4 is 0 Å². The molecule has 0 fully saturated rings. The van der Waals surface area contributed by atoms with Crippen molar-refractivity contribution in [1.82, 2.24) is 9.80 Å². The lowest BCUT2D eigenvalue weighted by molar-refractivity contribution is 0.249. The minimum absolute atomic E-state index is 0.153. The van der Waals surface area contributed by atoms with Gasteiger partial charge in [0, 0.05) is 37.4 Å². The Kier molecular flexibility index (Phi) is 4.75. The van der Waals surface area contributed by atoms with Crippen LogP contribution in [0, 0.1) is 0 Å². The van der Waals surface area contributed by atoms with Crippen molar-refractivity contribution in [1.29, 1.82) is 0 Å². The van der Waals surface area contributed by atoms with Gasteiger partial charge < -0.3 is 20.0 Å². The normalized spacial score (nSPS) is 17.9. The molecular formula is C17H23N3O2. The minimum atomic E-state index is 0.153. The van der Waals surface area contributed by atoms with Crippen LogP contribution in [-0.2, 0) is 0 Å². The zero-order valence-corrected chi connectivity index (χ0v) is 12.8. The summed E-state index contributed by atoms with van der Waals surface area (Å²) in [7, 11) is 0. The molecule has 5 nitrogen and oxygen atoms in total. The van der Waals surface area contributed by atoms with Gasteiger partial charge in [0.2, 0.25) is 0 Å². The van der Waals surface area contributed by atoms with Crippen molar-refractivity contribution in [3.05, 3.63) is 41.5 Å². The maximum atomic E-state index is 9.15. The summed E-state index contributed by atoms with van der Waals surface area (Å²) in [5.74, 6) is 0.980. The van der Waals surface area contributed by atoms with Gasteiger partial charge in [-0.3, -0.25) is 4.99 Å². The molecule has 22 heavy (non-hydrogen) atoms. The lowest BCUT2D eigenvalue weighted by Crippen LogP contribution is -2.31. The van der Waals surface area contributed by atoms with Gasteiger partial charge in [0.05, 0.1) is 19.8 Å². The van der Waals surface area contributed by atoms with Gasteiger partial charge in [-0.25, -0.2) is 0 Å². The summed E-state index contributed by atoms with van der Waals surface area (Å²) in [4.78, 5) is 8.90. The Bertz CT molecular complexity index is 515. The molecule has 0 aromatic heterocycles. The van der Waals surface area contributed by atoms with E-state index >= 15 is 0 Å². The molecule has 2 aliphatic heterocycles. The van der Waals surface area contributed by atoms with E-state index in [4.69, 9.17) is 10.2 Å². The number of nitrogens with zero attached hydrogens (tertiary/aromatic N) is 3. The maximum absolute atomic E-state index is 9.15. The monoisotopic (exact) mass is 301 g/mol. The number of rotatable bonds is 6. The first-order chi connectivity index (χ1) is 10.8. The fourth-order valence-electron chi connectivity index (χ4n) is 3.14. The molecule has 0 unspecified atom stereocenters. The molecule has 2 aliphatic rings. The standard InChI is InChI=1S/C17H23N3O2/c21-12-10-19-8-1-2-16(19)14-3-5-15(6-4-14)17-18-7-9-20(17)11-13-22/h2-6,21-22H,1,7-13H2. The molecule has 3 rings (SSSR count). The van der Waals surface area contributed by atoms with E-state index in [-0.39, 0.29) is 13.2 Å². The Labute approximate surface area is 131 Å². The third kappa shape index (κ3) is 3.00. The molecule has 2 heterocycles. The van der Waals surface area contributed by atoms with Gasteiger partial charge >= 0.3 is 0 Å². The average Bonchev–Trinajstić information content (AvgIpc) is 3.18. The topological polar surface area (TPSA) is 59.3 Å². The molecular weight excluding hydrogens is 278 g/mol. The minimum Gasteiger partial charge on any atom is -0.395 e. The molecule has 0 aliphatic carbocycles. The number of amidine groups is 1. The zero-order chi connectivity index (χ0) is 15.4. The fraction of sp³-hybridized carbons (Fsp3) is 0.471. The quantitative estimate of drug-likeness (QED) is 0.815. The number of aliphatic imine (C=N–C) groups is 1. The number of aliphatic hydroxyl groups excluding tert-OH is 2. The predicted octanol–water partition coefficient (Wildman–Crippen LogP) is 0.780. The van der Waals surface area contributed by atoms with Crippen LogP contribution in [0.25, 0.3) is 5.70 Å². The SMILES string of the molecule is OCCN1CCC=C1c1ccc(C2=NCCN2CCO)cc1. The van der Waals surface area contributed by atoms with Gasteiger partial charge in [0.25, 0.3) is 0 Å². The van der Waals surface area contributed by atoms with Gasteiger partial charge in [-0.05, 0) is 12.0 Å². The van der Waals surface area contributed by atoms with Crippen molar-refractivity contribution in [2.24, 2.45) is 4.99 Å². The van der Waals surface area contributed by atoms with Crippen molar-refractivity contribution in [3.8, 4) is 0 Å². The van der Waals surface area contributed by atoms with E-state index in [0.29, 0.717) is 13.1 Å². The molecule has 0 amide bonds. The third-order valence-corrected chi connectivity index (χ3v) is 4.19. The summed E-state index contributed by atoms with van der Waals surface area (Å²) < 4.78 is 0. The molecule has 0 atom stereocenters. The third-order valence-electron chi connectivity index (χ3n) is 4.19. The molecule has 0 saturated carbocycles. The lowest BCUT2D eigenvalue weighted by Gasteiger charge is -2.22. The highest BCUT2D eigenvalue weighted by atomic mass is 16.3. The molecule has 2 N–H and O–H groups in total. The van der Waals surface area contributed by atoms with E-state index in [2.05, 4.69) is 45.1 Å². The van der Waals surface area contributed by atoms with Gasteiger partial charge in [-0.2, -0.15) is 0 Å². The molecule has 118 valence electrons. The Morgan fingerprint density at radius 3 is 2.32 bits per heavy atom. The Balaban J connectivity index is 1.76. The highest BCUT2D eigenvalue weighted by molar-refractivity contribution is 6.00. The molecule has 1 aromatic rings. The number of aliphatic hydroxyl groups is 2. The molecule has 0 saturated heterocycles. The Morgan fingerprint density at radius 2 is 1.59 bits per heavy atom. The molecule has 0 radical (unpaired) electrons. The zero-order valence-electron chi connectivity index (χ0n) is 12.8. The molecule has 0 bridgehead atoms. The van der Waals surface area contributed by atoms with Crippen molar-refractivity contribution < 1.29 is 10.2 Å². The van der Waals surface area contributed by atoms with Crippen LogP contribution in [0.1, 0.15) is 17.5 Å². The van der Waals surface area contributed by atoms with Crippen molar-refractivity contribution >= 4 is 11.5 Å². The lowest BCUT2D eigenvalue weighted by atomic mass is 10.1. The van der Waals surface area contributed by atoms with Crippen LogP contribution in [0.2, 0.25) is 0 Å². The van der Waals surface area contributed by atoms with Crippen LogP contribution in [0.3, 0.4) is 0 Å². The van der Waals surface area contributed by atoms with Crippen LogP contribution in [-0.4, -0.2) is 71.8 Å². The second kappa shape index (κ2) is 6.94. The van der Waals surface area contributed by atoms with E-state index < -0.39 is 0 Å². The van der Waals surface area contributed by atoms with Crippen LogP contribution >= 0.6 is 0 Å². The van der Waals surface area contributed by atoms with Gasteiger partial charge in [-0.1, -0.05) is 30.3 Å². The first-order valence-corrected chi connectivity index (χ1v) is 7.90. The predicted molar refractivity (Wildman–Crippen MR) is 87.8 cm³/mol. The van der Waals surface area contributed by atoms with Crippen LogP contribution in [0.15, 0.2) is 35.3 Å². The van der Waals surface area contributed by atoms with Crippen molar-refractivity contribution in [2.75, 3.05) is 45.9 Å². The molecule has 5 heteroatoms. The summed E-state index contributed by atoms with van der Waals surface area (Å²) in [5.41, 5.74) is 3.49. The van der Waals surface area contributed by atoms with E-state index in [1.54, 1.807) is 0 Å². The summed E-state index contributed by atoms with van der Waals surface area (Å²) in [6, 6.07) is 8.43. The van der Waals surface area contributed by atoms with Gasteiger partial charge in [0.15, 0.2) is 0 Å². The summed E-state index contributed by atoms with van der Waals surface area (Å²) in [6.45, 7) is 4.32. The van der Waals surface area contributed by atoms with Crippen molar-refractivity contribution in [2.45, 2.75) is 6.42 Å². The summed E-state index contributed by atoms with van der Waals surface area (Å²) >= 11 is 0. The number of hydrogen-bond donors (Lipinski definition) is 2. The highest BCUT2D eigenvalue weighted by Crippen LogP contribution is 2.25. The summed E-state index contributed by atoms with van der Waals surface area (Å²) in [5, 5.41) is 18.3.